The molecule has 2 heterocycles. The van der Waals surface area contributed by atoms with Gasteiger partial charge < -0.3 is 14.7 Å². The summed E-state index contributed by atoms with van der Waals surface area (Å²) in [6.45, 7) is 1.31. The molecule has 0 spiro atoms. The predicted molar refractivity (Wildman–Crippen MR) is 64.7 cm³/mol. The maximum Gasteiger partial charge on any atom is 0.254 e. The molecular formula is C11H13BrN2O3. The fourth-order valence-electron chi connectivity index (χ4n) is 1.77. The van der Waals surface area contributed by atoms with Gasteiger partial charge in [-0.2, -0.15) is 0 Å². The predicted octanol–water partition coefficient (Wildman–Crippen LogP) is 0.677. The minimum Gasteiger partial charge on any atom is -0.394 e. The van der Waals surface area contributed by atoms with Gasteiger partial charge in [-0.25, -0.2) is 4.98 Å². The lowest BCUT2D eigenvalue weighted by molar-refractivity contribution is -0.0184. The first-order valence-electron chi connectivity index (χ1n) is 5.33. The number of amides is 1. The Kier molecular flexibility index (Phi) is 4.09. The lowest BCUT2D eigenvalue weighted by Crippen LogP contribution is -2.50. The third kappa shape index (κ3) is 2.83. The van der Waals surface area contributed by atoms with Crippen LogP contribution in [0.4, 0.5) is 0 Å². The van der Waals surface area contributed by atoms with Gasteiger partial charge in [0, 0.05) is 18.3 Å². The summed E-state index contributed by atoms with van der Waals surface area (Å²) in [5.74, 6) is -0.101. The summed E-state index contributed by atoms with van der Waals surface area (Å²) in [4.78, 5) is 17.9. The summed E-state index contributed by atoms with van der Waals surface area (Å²) in [5.41, 5.74) is 0.562. The molecule has 5 nitrogen and oxygen atoms in total. The van der Waals surface area contributed by atoms with Crippen LogP contribution in [0.5, 0.6) is 0 Å². The maximum absolute atomic E-state index is 12.2. The van der Waals surface area contributed by atoms with Crippen molar-refractivity contribution in [3.8, 4) is 0 Å². The van der Waals surface area contributed by atoms with E-state index in [2.05, 4.69) is 20.9 Å². The summed E-state index contributed by atoms with van der Waals surface area (Å²) >= 11 is 3.23. The van der Waals surface area contributed by atoms with E-state index in [1.807, 2.05) is 0 Å². The smallest absolute Gasteiger partial charge is 0.254 e. The highest BCUT2D eigenvalue weighted by Gasteiger charge is 2.27. The molecule has 0 bridgehead atoms. The van der Waals surface area contributed by atoms with E-state index in [9.17, 15) is 9.90 Å². The summed E-state index contributed by atoms with van der Waals surface area (Å²) in [7, 11) is 0. The zero-order chi connectivity index (χ0) is 12.3. The Bertz CT molecular complexity index is 413. The van der Waals surface area contributed by atoms with Crippen molar-refractivity contribution in [2.45, 2.75) is 6.04 Å². The molecule has 1 amide bonds. The van der Waals surface area contributed by atoms with E-state index < -0.39 is 0 Å². The zero-order valence-corrected chi connectivity index (χ0v) is 10.8. The van der Waals surface area contributed by atoms with Crippen molar-refractivity contribution in [3.05, 3.63) is 28.5 Å². The van der Waals surface area contributed by atoms with Crippen molar-refractivity contribution in [2.75, 3.05) is 26.4 Å². The van der Waals surface area contributed by atoms with E-state index in [1.54, 1.807) is 23.2 Å². The number of rotatable bonds is 2. The van der Waals surface area contributed by atoms with Crippen LogP contribution < -0.4 is 0 Å². The molecule has 1 aliphatic heterocycles. The quantitative estimate of drug-likeness (QED) is 0.816. The highest BCUT2D eigenvalue weighted by Crippen LogP contribution is 2.14. The highest BCUT2D eigenvalue weighted by atomic mass is 79.9. The molecule has 92 valence electrons. The van der Waals surface area contributed by atoms with Gasteiger partial charge in [0.2, 0.25) is 0 Å². The van der Waals surface area contributed by atoms with Crippen LogP contribution in [0.2, 0.25) is 0 Å². The zero-order valence-electron chi connectivity index (χ0n) is 9.17. The number of morpholine rings is 1. The van der Waals surface area contributed by atoms with Crippen molar-refractivity contribution in [2.24, 2.45) is 0 Å². The molecule has 6 heteroatoms. The Balaban J connectivity index is 2.18. The van der Waals surface area contributed by atoms with Gasteiger partial charge in [0.05, 0.1) is 25.9 Å². The number of pyridine rings is 1. The molecule has 17 heavy (non-hydrogen) atoms. The molecule has 1 unspecified atom stereocenters. The molecule has 1 saturated heterocycles. The largest absolute Gasteiger partial charge is 0.394 e. The molecule has 0 saturated carbocycles. The molecular weight excluding hydrogens is 288 g/mol. The average Bonchev–Trinajstić information content (AvgIpc) is 2.38. The first kappa shape index (κ1) is 12.5. The van der Waals surface area contributed by atoms with Crippen LogP contribution in [0.3, 0.4) is 0 Å². The van der Waals surface area contributed by atoms with Gasteiger partial charge in [0.25, 0.3) is 5.91 Å². The number of carbonyl (C=O) groups excluding carboxylic acids is 1. The molecule has 1 aliphatic rings. The topological polar surface area (TPSA) is 62.7 Å². The minimum absolute atomic E-state index is 0.0853. The molecule has 1 atom stereocenters. The lowest BCUT2D eigenvalue weighted by Gasteiger charge is -2.34. The van der Waals surface area contributed by atoms with Crippen LogP contribution in [0.1, 0.15) is 10.4 Å². The molecule has 0 aromatic carbocycles. The van der Waals surface area contributed by atoms with Crippen LogP contribution in [0.15, 0.2) is 22.9 Å². The molecule has 1 fully saturated rings. The third-order valence-electron chi connectivity index (χ3n) is 2.67. The lowest BCUT2D eigenvalue weighted by atomic mass is 10.1. The van der Waals surface area contributed by atoms with Gasteiger partial charge in [0.1, 0.15) is 4.60 Å². The van der Waals surface area contributed by atoms with Gasteiger partial charge >= 0.3 is 0 Å². The summed E-state index contributed by atoms with van der Waals surface area (Å²) in [6, 6.07) is 3.08. The number of hydrogen-bond donors (Lipinski definition) is 1. The number of carbonyl (C=O) groups is 1. The fourth-order valence-corrected chi connectivity index (χ4v) is 2.14. The van der Waals surface area contributed by atoms with Gasteiger partial charge in [-0.3, -0.25) is 4.79 Å². The Morgan fingerprint density at radius 1 is 1.71 bits per heavy atom. The van der Waals surface area contributed by atoms with E-state index in [-0.39, 0.29) is 18.6 Å². The van der Waals surface area contributed by atoms with Gasteiger partial charge in [0.15, 0.2) is 0 Å². The van der Waals surface area contributed by atoms with Crippen LogP contribution in [-0.4, -0.2) is 53.3 Å². The summed E-state index contributed by atoms with van der Waals surface area (Å²) < 4.78 is 5.86. The monoisotopic (exact) mass is 300 g/mol. The first-order valence-corrected chi connectivity index (χ1v) is 6.13. The van der Waals surface area contributed by atoms with E-state index >= 15 is 0 Å². The second-order valence-electron chi connectivity index (χ2n) is 3.78. The molecule has 2 rings (SSSR count). The van der Waals surface area contributed by atoms with E-state index in [0.717, 1.165) is 0 Å². The Hall–Kier alpha value is -0.980. The Morgan fingerprint density at radius 3 is 3.24 bits per heavy atom. The van der Waals surface area contributed by atoms with Crippen LogP contribution in [-0.2, 0) is 4.74 Å². The Morgan fingerprint density at radius 2 is 2.53 bits per heavy atom. The standard InChI is InChI=1S/C11H13BrN2O3/c12-10-5-8(1-2-13-10)11(16)14-3-4-17-7-9(14)6-15/h1-2,5,9,15H,3-4,6-7H2. The van der Waals surface area contributed by atoms with Crippen LogP contribution in [0.25, 0.3) is 0 Å². The van der Waals surface area contributed by atoms with Gasteiger partial charge in [-0.15, -0.1) is 0 Å². The average molecular weight is 301 g/mol. The second kappa shape index (κ2) is 5.57. The minimum atomic E-state index is -0.261. The summed E-state index contributed by atoms with van der Waals surface area (Å²) in [6.07, 6.45) is 1.58. The molecule has 1 aromatic rings. The third-order valence-corrected chi connectivity index (χ3v) is 3.11. The number of ether oxygens (including phenoxy) is 1. The number of halogens is 1. The molecule has 0 aliphatic carbocycles. The molecule has 1 aromatic heterocycles. The Labute approximate surface area is 108 Å². The van der Waals surface area contributed by atoms with E-state index in [0.29, 0.717) is 29.9 Å². The number of hydrogen-bond acceptors (Lipinski definition) is 4. The van der Waals surface area contributed by atoms with Crippen molar-refractivity contribution in [1.29, 1.82) is 0 Å². The summed E-state index contributed by atoms with van der Waals surface area (Å²) in [5, 5.41) is 9.22. The van der Waals surface area contributed by atoms with E-state index in [1.165, 1.54) is 0 Å². The van der Waals surface area contributed by atoms with E-state index in [4.69, 9.17) is 4.74 Å². The molecule has 1 N–H and O–H groups in total. The van der Waals surface area contributed by atoms with Crippen LogP contribution >= 0.6 is 15.9 Å². The fraction of sp³-hybridized carbons (Fsp3) is 0.455. The molecule has 0 radical (unpaired) electrons. The van der Waals surface area contributed by atoms with Crippen molar-refractivity contribution in [1.82, 2.24) is 9.88 Å². The number of aliphatic hydroxyl groups excluding tert-OH is 1. The first-order chi connectivity index (χ1) is 8.22. The highest BCUT2D eigenvalue weighted by molar-refractivity contribution is 9.10. The van der Waals surface area contributed by atoms with Gasteiger partial charge in [-0.1, -0.05) is 0 Å². The maximum atomic E-state index is 12.2. The van der Waals surface area contributed by atoms with Crippen molar-refractivity contribution in [3.63, 3.8) is 0 Å². The number of aliphatic hydroxyl groups is 1. The SMILES string of the molecule is O=C(c1ccnc(Br)c1)N1CCOCC1CO. The number of nitrogens with zero attached hydrogens (tertiary/aromatic N) is 2. The number of aromatic nitrogens is 1. The normalized spacial score (nSPS) is 20.4. The van der Waals surface area contributed by atoms with Crippen molar-refractivity contribution < 1.29 is 14.6 Å². The van der Waals surface area contributed by atoms with Gasteiger partial charge in [-0.05, 0) is 28.1 Å². The second-order valence-corrected chi connectivity index (χ2v) is 4.59. The van der Waals surface area contributed by atoms with Crippen molar-refractivity contribution >= 4 is 21.8 Å². The van der Waals surface area contributed by atoms with Crippen LogP contribution in [0, 0.1) is 0 Å².